The number of hydrogen-bond donors (Lipinski definition) is 2. The van der Waals surface area contributed by atoms with E-state index in [1.807, 2.05) is 12.1 Å². The molecule has 1 aromatic carbocycles. The summed E-state index contributed by atoms with van der Waals surface area (Å²) >= 11 is 0. The largest absolute Gasteiger partial charge is 0.497 e. The van der Waals surface area contributed by atoms with E-state index in [-0.39, 0.29) is 5.56 Å². The second-order valence-electron chi connectivity index (χ2n) is 7.26. The third-order valence-corrected chi connectivity index (χ3v) is 5.31. The van der Waals surface area contributed by atoms with Crippen LogP contribution in [0, 0.1) is 0 Å². The third-order valence-electron chi connectivity index (χ3n) is 5.31. The van der Waals surface area contributed by atoms with E-state index in [0.717, 1.165) is 31.6 Å². The smallest absolute Gasteiger partial charge is 0.262 e. The quantitative estimate of drug-likeness (QED) is 0.686. The van der Waals surface area contributed by atoms with Crippen molar-refractivity contribution < 1.29 is 9.47 Å². The highest BCUT2D eigenvalue weighted by atomic mass is 16.5. The zero-order valence-corrected chi connectivity index (χ0v) is 16.9. The van der Waals surface area contributed by atoms with Crippen LogP contribution >= 0.6 is 0 Å². The molecular weight excluding hydrogens is 370 g/mol. The average Bonchev–Trinajstić information content (AvgIpc) is 2.74. The van der Waals surface area contributed by atoms with Crippen LogP contribution in [0.3, 0.4) is 0 Å². The van der Waals surface area contributed by atoms with E-state index in [9.17, 15) is 4.79 Å². The zero-order chi connectivity index (χ0) is 20.4. The number of methoxy groups -OCH3 is 2. The molecule has 1 aliphatic rings. The zero-order valence-electron chi connectivity index (χ0n) is 16.9. The summed E-state index contributed by atoms with van der Waals surface area (Å²) in [5, 5.41) is 3.97. The molecule has 3 aromatic rings. The number of pyridine rings is 1. The number of nitrogens with one attached hydrogen (secondary N) is 2. The Morgan fingerprint density at radius 2 is 2.00 bits per heavy atom. The predicted molar refractivity (Wildman–Crippen MR) is 113 cm³/mol. The summed E-state index contributed by atoms with van der Waals surface area (Å²) in [4.78, 5) is 27.2. The van der Waals surface area contributed by atoms with Gasteiger partial charge in [0.05, 0.1) is 25.4 Å². The van der Waals surface area contributed by atoms with Gasteiger partial charge in [0.25, 0.3) is 5.56 Å². The number of likely N-dealkylation sites (tertiary alicyclic amines) is 1. The fraction of sp³-hybridized carbons (Fsp3) is 0.381. The number of aromatic nitrogens is 3. The molecule has 29 heavy (non-hydrogen) atoms. The molecule has 0 atom stereocenters. The highest BCUT2D eigenvalue weighted by Gasteiger charge is 2.20. The fourth-order valence-electron chi connectivity index (χ4n) is 3.69. The molecule has 0 spiro atoms. The fourth-order valence-corrected chi connectivity index (χ4v) is 3.69. The lowest BCUT2D eigenvalue weighted by Gasteiger charge is -2.30. The van der Waals surface area contributed by atoms with Crippen LogP contribution in [0.25, 0.3) is 22.4 Å². The first-order chi connectivity index (χ1) is 14.1. The normalized spacial score (nSPS) is 15.4. The number of benzene rings is 1. The number of H-pyrrole nitrogens is 1. The molecule has 1 aliphatic heterocycles. The lowest BCUT2D eigenvalue weighted by Crippen LogP contribution is -2.36. The van der Waals surface area contributed by atoms with Crippen LogP contribution in [0.15, 0.2) is 35.3 Å². The number of rotatable bonds is 5. The Morgan fingerprint density at radius 1 is 1.21 bits per heavy atom. The number of fused-ring (bicyclic) bond motifs is 1. The van der Waals surface area contributed by atoms with Gasteiger partial charge in [0.15, 0.2) is 5.82 Å². The van der Waals surface area contributed by atoms with E-state index in [1.54, 1.807) is 25.4 Å². The molecular formula is C21H25N5O3. The van der Waals surface area contributed by atoms with Gasteiger partial charge in [-0.1, -0.05) is 0 Å². The van der Waals surface area contributed by atoms with E-state index in [1.165, 1.54) is 7.11 Å². The molecule has 2 aromatic heterocycles. The molecule has 8 heteroatoms. The van der Waals surface area contributed by atoms with Crippen LogP contribution in [0.1, 0.15) is 12.8 Å². The van der Waals surface area contributed by atoms with Gasteiger partial charge >= 0.3 is 0 Å². The van der Waals surface area contributed by atoms with Crippen molar-refractivity contribution in [1.82, 2.24) is 19.9 Å². The lowest BCUT2D eigenvalue weighted by atomic mass is 10.0. The molecule has 4 rings (SSSR count). The molecule has 0 unspecified atom stereocenters. The Morgan fingerprint density at radius 3 is 2.72 bits per heavy atom. The molecule has 2 N–H and O–H groups in total. The van der Waals surface area contributed by atoms with E-state index < -0.39 is 0 Å². The van der Waals surface area contributed by atoms with Crippen LogP contribution in [0.2, 0.25) is 0 Å². The molecule has 0 aliphatic carbocycles. The summed E-state index contributed by atoms with van der Waals surface area (Å²) in [6.07, 6.45) is 3.81. The molecule has 0 saturated carbocycles. The van der Waals surface area contributed by atoms with Gasteiger partial charge < -0.3 is 24.7 Å². The Kier molecular flexibility index (Phi) is 5.35. The molecule has 8 nitrogen and oxygen atoms in total. The van der Waals surface area contributed by atoms with Crippen LogP contribution < -0.4 is 20.3 Å². The monoisotopic (exact) mass is 395 g/mol. The maximum Gasteiger partial charge on any atom is 0.262 e. The SMILES string of the molecule is COc1cc(OC)c2c(=O)[nH]c(-c3ncccc3NC3CCN(C)CC3)nc2c1. The van der Waals surface area contributed by atoms with Gasteiger partial charge in [0.1, 0.15) is 22.6 Å². The van der Waals surface area contributed by atoms with Gasteiger partial charge in [-0.2, -0.15) is 0 Å². The Hall–Kier alpha value is -3.13. The summed E-state index contributed by atoms with van der Waals surface area (Å²) in [5.41, 5.74) is 1.70. The van der Waals surface area contributed by atoms with Crippen LogP contribution in [-0.4, -0.2) is 60.3 Å². The van der Waals surface area contributed by atoms with Crippen LogP contribution in [0.4, 0.5) is 5.69 Å². The lowest BCUT2D eigenvalue weighted by molar-refractivity contribution is 0.264. The van der Waals surface area contributed by atoms with Gasteiger partial charge in [0, 0.05) is 24.4 Å². The highest BCUT2D eigenvalue weighted by molar-refractivity contribution is 5.87. The summed E-state index contributed by atoms with van der Waals surface area (Å²) < 4.78 is 10.7. The number of piperidine rings is 1. The van der Waals surface area contributed by atoms with E-state index >= 15 is 0 Å². The van der Waals surface area contributed by atoms with Crippen LogP contribution in [0.5, 0.6) is 11.5 Å². The maximum atomic E-state index is 12.8. The summed E-state index contributed by atoms with van der Waals surface area (Å²) in [7, 11) is 5.22. The summed E-state index contributed by atoms with van der Waals surface area (Å²) in [6, 6.07) is 7.61. The molecule has 0 amide bonds. The van der Waals surface area contributed by atoms with Crippen molar-refractivity contribution in [2.75, 3.05) is 39.7 Å². The Labute approximate surface area is 168 Å². The molecule has 152 valence electrons. The van der Waals surface area contributed by atoms with Crippen molar-refractivity contribution in [2.24, 2.45) is 0 Å². The van der Waals surface area contributed by atoms with Crippen molar-refractivity contribution in [3.63, 3.8) is 0 Å². The minimum Gasteiger partial charge on any atom is -0.497 e. The van der Waals surface area contributed by atoms with Gasteiger partial charge in [-0.05, 0) is 45.1 Å². The van der Waals surface area contributed by atoms with Crippen molar-refractivity contribution in [3.8, 4) is 23.0 Å². The maximum absolute atomic E-state index is 12.8. The molecule has 0 radical (unpaired) electrons. The van der Waals surface area contributed by atoms with Crippen molar-refractivity contribution in [1.29, 1.82) is 0 Å². The number of hydrogen-bond acceptors (Lipinski definition) is 7. The van der Waals surface area contributed by atoms with Gasteiger partial charge in [-0.15, -0.1) is 0 Å². The first-order valence-corrected chi connectivity index (χ1v) is 9.65. The molecule has 1 saturated heterocycles. The summed E-state index contributed by atoms with van der Waals surface area (Å²) in [5.74, 6) is 1.41. The Bertz CT molecular complexity index is 1070. The predicted octanol–water partition coefficient (Wildman–Crippen LogP) is 2.51. The number of aromatic amines is 1. The molecule has 3 heterocycles. The average molecular weight is 395 g/mol. The topological polar surface area (TPSA) is 92.4 Å². The van der Waals surface area contributed by atoms with Gasteiger partial charge in [-0.25, -0.2) is 4.98 Å². The minimum absolute atomic E-state index is 0.277. The number of nitrogens with zero attached hydrogens (tertiary/aromatic N) is 3. The second-order valence-corrected chi connectivity index (χ2v) is 7.26. The minimum atomic E-state index is -0.277. The second kappa shape index (κ2) is 8.08. The standard InChI is InChI=1S/C21H25N5O3/c1-26-9-6-13(7-10-26)23-15-5-4-8-22-19(15)20-24-16-11-14(28-2)12-17(29-3)18(16)21(27)25-20/h4-5,8,11-13,23H,6-7,9-10H2,1-3H3,(H,24,25,27). The van der Waals surface area contributed by atoms with Crippen LogP contribution in [-0.2, 0) is 0 Å². The Balaban J connectivity index is 1.76. The third kappa shape index (κ3) is 3.88. The van der Waals surface area contributed by atoms with E-state index in [4.69, 9.17) is 9.47 Å². The highest BCUT2D eigenvalue weighted by Crippen LogP contribution is 2.30. The van der Waals surface area contributed by atoms with Gasteiger partial charge in [-0.3, -0.25) is 9.78 Å². The number of ether oxygens (including phenoxy) is 2. The summed E-state index contributed by atoms with van der Waals surface area (Å²) in [6.45, 7) is 2.11. The van der Waals surface area contributed by atoms with Gasteiger partial charge in [0.2, 0.25) is 0 Å². The van der Waals surface area contributed by atoms with E-state index in [2.05, 4.69) is 32.2 Å². The first kappa shape index (κ1) is 19.2. The van der Waals surface area contributed by atoms with Crippen molar-refractivity contribution in [3.05, 3.63) is 40.8 Å². The molecule has 1 fully saturated rings. The first-order valence-electron chi connectivity index (χ1n) is 9.65. The van der Waals surface area contributed by atoms with Crippen molar-refractivity contribution in [2.45, 2.75) is 18.9 Å². The number of anilines is 1. The van der Waals surface area contributed by atoms with E-state index in [0.29, 0.717) is 40.0 Å². The van der Waals surface area contributed by atoms with Crippen molar-refractivity contribution >= 4 is 16.6 Å². The molecule has 0 bridgehead atoms.